The molecule has 4 nitrogen and oxygen atoms in total. The Labute approximate surface area is 125 Å². The van der Waals surface area contributed by atoms with Crippen LogP contribution in [0.2, 0.25) is 0 Å². The van der Waals surface area contributed by atoms with Gasteiger partial charge in [0.2, 0.25) is 0 Å². The number of benzene rings is 2. The van der Waals surface area contributed by atoms with Crippen LogP contribution in [0.5, 0.6) is 0 Å². The number of hydrogen-bond donors (Lipinski definition) is 2. The second kappa shape index (κ2) is 5.54. The summed E-state index contributed by atoms with van der Waals surface area (Å²) >= 11 is 0. The molecule has 0 aliphatic rings. The molecule has 0 bridgehead atoms. The minimum Gasteiger partial charge on any atom is -0.376 e. The van der Waals surface area contributed by atoms with Gasteiger partial charge in [0.05, 0.1) is 11.9 Å². The second-order valence-corrected chi connectivity index (χ2v) is 4.88. The number of aromatic amines is 1. The highest BCUT2D eigenvalue weighted by molar-refractivity contribution is 5.45. The second-order valence-electron chi connectivity index (χ2n) is 4.88. The third-order valence-electron chi connectivity index (χ3n) is 3.56. The number of rotatable bonds is 3. The fourth-order valence-corrected chi connectivity index (χ4v) is 2.45. The van der Waals surface area contributed by atoms with Gasteiger partial charge in [-0.15, -0.1) is 0 Å². The van der Waals surface area contributed by atoms with Crippen LogP contribution in [0.15, 0.2) is 71.9 Å². The molecule has 1 aromatic heterocycles. The van der Waals surface area contributed by atoms with Crippen molar-refractivity contribution in [1.82, 2.24) is 9.97 Å². The molecule has 0 spiro atoms. The molecule has 1 unspecified atom stereocenters. The van der Waals surface area contributed by atoms with Crippen LogP contribution in [0.4, 0.5) is 4.39 Å². The molecule has 1 heterocycles. The van der Waals surface area contributed by atoms with Crippen LogP contribution in [-0.4, -0.2) is 15.1 Å². The van der Waals surface area contributed by atoms with Crippen LogP contribution >= 0.6 is 0 Å². The van der Waals surface area contributed by atoms with Gasteiger partial charge in [0.15, 0.2) is 0 Å². The molecule has 2 aromatic carbocycles. The van der Waals surface area contributed by atoms with Crippen molar-refractivity contribution in [2.24, 2.45) is 0 Å². The zero-order valence-corrected chi connectivity index (χ0v) is 11.5. The molecule has 3 aromatic rings. The highest BCUT2D eigenvalue weighted by Crippen LogP contribution is 2.34. The number of halogens is 1. The summed E-state index contributed by atoms with van der Waals surface area (Å²) < 4.78 is 13.2. The number of aliphatic hydroxyl groups is 1. The summed E-state index contributed by atoms with van der Waals surface area (Å²) in [4.78, 5) is 18.5. The van der Waals surface area contributed by atoms with Gasteiger partial charge in [-0.2, -0.15) is 0 Å². The van der Waals surface area contributed by atoms with Crippen LogP contribution in [0.3, 0.4) is 0 Å². The molecular weight excluding hydrogens is 283 g/mol. The Bertz CT molecular complexity index is 831. The van der Waals surface area contributed by atoms with Crippen molar-refractivity contribution in [2.45, 2.75) is 5.60 Å². The Morgan fingerprint density at radius 1 is 1.00 bits per heavy atom. The van der Waals surface area contributed by atoms with Gasteiger partial charge in [-0.25, -0.2) is 9.37 Å². The molecule has 0 aliphatic heterocycles. The molecule has 1 atom stereocenters. The molecule has 0 saturated heterocycles. The lowest BCUT2D eigenvalue weighted by Gasteiger charge is -2.28. The smallest absolute Gasteiger partial charge is 0.257 e. The van der Waals surface area contributed by atoms with Gasteiger partial charge in [-0.3, -0.25) is 4.79 Å². The molecule has 2 N–H and O–H groups in total. The lowest BCUT2D eigenvalue weighted by Crippen LogP contribution is -2.35. The average Bonchev–Trinajstić information content (AvgIpc) is 2.56. The van der Waals surface area contributed by atoms with E-state index in [0.717, 1.165) is 0 Å². The molecule has 0 amide bonds. The van der Waals surface area contributed by atoms with E-state index in [1.165, 1.54) is 36.8 Å². The molecule has 0 fully saturated rings. The van der Waals surface area contributed by atoms with E-state index < -0.39 is 17.0 Å². The van der Waals surface area contributed by atoms with E-state index in [0.29, 0.717) is 11.1 Å². The summed E-state index contributed by atoms with van der Waals surface area (Å²) in [5.74, 6) is -0.417. The van der Waals surface area contributed by atoms with Crippen molar-refractivity contribution in [3.8, 4) is 0 Å². The minimum atomic E-state index is -1.71. The predicted molar refractivity (Wildman–Crippen MR) is 79.8 cm³/mol. The van der Waals surface area contributed by atoms with Crippen molar-refractivity contribution in [2.75, 3.05) is 0 Å². The maximum absolute atomic E-state index is 13.2. The van der Waals surface area contributed by atoms with Crippen molar-refractivity contribution in [3.05, 3.63) is 100.0 Å². The lowest BCUT2D eigenvalue weighted by molar-refractivity contribution is 0.123. The predicted octanol–water partition coefficient (Wildman–Crippen LogP) is 2.19. The fourth-order valence-electron chi connectivity index (χ4n) is 2.45. The van der Waals surface area contributed by atoms with Crippen molar-refractivity contribution in [1.29, 1.82) is 0 Å². The van der Waals surface area contributed by atoms with Crippen LogP contribution in [0, 0.1) is 5.82 Å². The van der Waals surface area contributed by atoms with Crippen LogP contribution < -0.4 is 5.56 Å². The molecular formula is C17H13FN2O2. The lowest BCUT2D eigenvalue weighted by atomic mass is 9.81. The molecule has 3 rings (SSSR count). The quantitative estimate of drug-likeness (QED) is 0.778. The standard InChI is InChI=1S/C17H13FN2O2/c18-14-8-6-13(7-9-14)17(22,12-4-2-1-3-5-12)15-10-19-11-20-16(15)21/h1-11,22H,(H,19,20,21). The van der Waals surface area contributed by atoms with Gasteiger partial charge in [-0.05, 0) is 23.3 Å². The van der Waals surface area contributed by atoms with Gasteiger partial charge in [0, 0.05) is 6.20 Å². The van der Waals surface area contributed by atoms with Crippen molar-refractivity contribution >= 4 is 0 Å². The first-order valence-electron chi connectivity index (χ1n) is 6.69. The van der Waals surface area contributed by atoms with E-state index in [2.05, 4.69) is 9.97 Å². The number of nitrogens with zero attached hydrogens (tertiary/aromatic N) is 1. The summed E-state index contributed by atoms with van der Waals surface area (Å²) in [7, 11) is 0. The summed E-state index contributed by atoms with van der Waals surface area (Å²) in [6.07, 6.45) is 2.57. The average molecular weight is 296 g/mol. The number of hydrogen-bond acceptors (Lipinski definition) is 3. The molecule has 0 aliphatic carbocycles. The van der Waals surface area contributed by atoms with E-state index in [1.807, 2.05) is 6.07 Å². The summed E-state index contributed by atoms with van der Waals surface area (Å²) in [6.45, 7) is 0. The minimum absolute atomic E-state index is 0.0767. The Balaban J connectivity index is 2.30. The maximum atomic E-state index is 13.2. The topological polar surface area (TPSA) is 66.0 Å². The van der Waals surface area contributed by atoms with Crippen molar-refractivity contribution < 1.29 is 9.50 Å². The van der Waals surface area contributed by atoms with E-state index in [1.54, 1.807) is 24.3 Å². The summed E-state index contributed by atoms with van der Waals surface area (Å²) in [5, 5.41) is 11.3. The van der Waals surface area contributed by atoms with Crippen LogP contribution in [0.25, 0.3) is 0 Å². The summed E-state index contributed by atoms with van der Waals surface area (Å²) in [5.41, 5.74) is -1.20. The zero-order valence-electron chi connectivity index (χ0n) is 11.5. The molecule has 0 radical (unpaired) electrons. The first kappa shape index (κ1) is 14.2. The third-order valence-corrected chi connectivity index (χ3v) is 3.56. The largest absolute Gasteiger partial charge is 0.376 e. The number of aromatic nitrogens is 2. The SMILES string of the molecule is O=c1[nH]cncc1C(O)(c1ccccc1)c1ccc(F)cc1. The van der Waals surface area contributed by atoms with Crippen LogP contribution in [0.1, 0.15) is 16.7 Å². The fraction of sp³-hybridized carbons (Fsp3) is 0.0588. The van der Waals surface area contributed by atoms with Gasteiger partial charge in [0.1, 0.15) is 11.4 Å². The maximum Gasteiger partial charge on any atom is 0.257 e. The van der Waals surface area contributed by atoms with E-state index in [-0.39, 0.29) is 5.56 Å². The molecule has 5 heteroatoms. The highest BCUT2D eigenvalue weighted by atomic mass is 19.1. The molecule has 0 saturated carbocycles. The van der Waals surface area contributed by atoms with E-state index in [4.69, 9.17) is 0 Å². The zero-order chi connectivity index (χ0) is 15.6. The summed E-state index contributed by atoms with van der Waals surface area (Å²) in [6, 6.07) is 14.1. The third kappa shape index (κ3) is 2.31. The Hall–Kier alpha value is -2.79. The van der Waals surface area contributed by atoms with E-state index >= 15 is 0 Å². The first-order chi connectivity index (χ1) is 10.6. The van der Waals surface area contributed by atoms with Gasteiger partial charge in [-0.1, -0.05) is 42.5 Å². The van der Waals surface area contributed by atoms with Gasteiger partial charge in [0.25, 0.3) is 5.56 Å². The Morgan fingerprint density at radius 2 is 1.64 bits per heavy atom. The monoisotopic (exact) mass is 296 g/mol. The van der Waals surface area contributed by atoms with E-state index in [9.17, 15) is 14.3 Å². The number of nitrogens with one attached hydrogen (secondary N) is 1. The van der Waals surface area contributed by atoms with Crippen molar-refractivity contribution in [3.63, 3.8) is 0 Å². The molecule has 110 valence electrons. The first-order valence-corrected chi connectivity index (χ1v) is 6.69. The van der Waals surface area contributed by atoms with Gasteiger partial charge < -0.3 is 10.1 Å². The highest BCUT2D eigenvalue weighted by Gasteiger charge is 2.36. The normalized spacial score (nSPS) is 13.5. The molecule has 22 heavy (non-hydrogen) atoms. The Kier molecular flexibility index (Phi) is 3.56. The number of H-pyrrole nitrogens is 1. The van der Waals surface area contributed by atoms with Crippen LogP contribution in [-0.2, 0) is 5.60 Å². The van der Waals surface area contributed by atoms with Gasteiger partial charge >= 0.3 is 0 Å². The Morgan fingerprint density at radius 3 is 2.27 bits per heavy atom.